The highest BCUT2D eigenvalue weighted by Crippen LogP contribution is 2.25. The maximum absolute atomic E-state index is 12.7. The van der Waals surface area contributed by atoms with Gasteiger partial charge in [-0.3, -0.25) is 10.7 Å². The minimum absolute atomic E-state index is 0.0621. The van der Waals surface area contributed by atoms with E-state index < -0.39 is 10.0 Å². The molecule has 0 atom stereocenters. The Kier molecular flexibility index (Phi) is 4.57. The molecule has 1 heterocycles. The minimum atomic E-state index is -3.51. The third-order valence-electron chi connectivity index (χ3n) is 3.85. The summed E-state index contributed by atoms with van der Waals surface area (Å²) in [7, 11) is -3.51. The van der Waals surface area contributed by atoms with Gasteiger partial charge in [-0.1, -0.05) is 12.1 Å². The number of anilines is 1. The van der Waals surface area contributed by atoms with Gasteiger partial charge in [0.2, 0.25) is 10.0 Å². The molecule has 6 nitrogen and oxygen atoms in total. The van der Waals surface area contributed by atoms with Crippen LogP contribution in [0.2, 0.25) is 0 Å². The lowest BCUT2D eigenvalue weighted by atomic mass is 10.1. The van der Waals surface area contributed by atoms with Crippen LogP contribution < -0.4 is 11.3 Å². The van der Waals surface area contributed by atoms with Crippen LogP contribution >= 0.6 is 0 Å². The topological polar surface area (TPSA) is 78.7 Å². The Morgan fingerprint density at radius 2 is 1.67 bits per heavy atom. The number of nitrogen functional groups attached to an aromatic ring is 1. The number of nitrogens with zero attached hydrogens (tertiary/aromatic N) is 2. The second kappa shape index (κ2) is 5.92. The van der Waals surface area contributed by atoms with Crippen molar-refractivity contribution in [2.24, 2.45) is 5.84 Å². The summed E-state index contributed by atoms with van der Waals surface area (Å²) in [5.74, 6) is 5.41. The van der Waals surface area contributed by atoms with Crippen molar-refractivity contribution in [2.75, 3.05) is 31.6 Å². The van der Waals surface area contributed by atoms with Crippen molar-refractivity contribution in [1.82, 2.24) is 9.21 Å². The van der Waals surface area contributed by atoms with Crippen LogP contribution in [0.25, 0.3) is 0 Å². The van der Waals surface area contributed by atoms with E-state index >= 15 is 0 Å². The van der Waals surface area contributed by atoms with E-state index in [1.807, 2.05) is 0 Å². The molecule has 0 saturated carbocycles. The van der Waals surface area contributed by atoms with Gasteiger partial charge in [0.05, 0.1) is 5.69 Å². The Labute approximate surface area is 126 Å². The summed E-state index contributed by atoms with van der Waals surface area (Å²) in [4.78, 5) is 2.53. The van der Waals surface area contributed by atoms with Crippen molar-refractivity contribution in [2.45, 2.75) is 31.2 Å². The number of hydrogen-bond acceptors (Lipinski definition) is 5. The predicted octanol–water partition coefficient (Wildman–Crippen LogP) is 1.08. The molecule has 0 bridgehead atoms. The molecule has 118 valence electrons. The molecule has 0 spiro atoms. The largest absolute Gasteiger partial charge is 0.323 e. The van der Waals surface area contributed by atoms with Crippen molar-refractivity contribution in [3.63, 3.8) is 0 Å². The van der Waals surface area contributed by atoms with Crippen molar-refractivity contribution in [1.29, 1.82) is 0 Å². The van der Waals surface area contributed by atoms with Crippen LogP contribution in [-0.2, 0) is 10.0 Å². The Morgan fingerprint density at radius 3 is 2.19 bits per heavy atom. The number of nitrogens with two attached hydrogens (primary N) is 1. The van der Waals surface area contributed by atoms with Gasteiger partial charge in [-0.05, 0) is 32.9 Å². The second-order valence-electron chi connectivity index (χ2n) is 6.20. The standard InChI is InChI=1S/C14H24N4O2S/c1-14(2,3)17-8-10-18(11-9-17)21(19,20)13-7-5-4-6-12(13)16-15/h4-7,16H,8-11,15H2,1-3H3. The minimum Gasteiger partial charge on any atom is -0.323 e. The molecule has 0 aromatic heterocycles. The Morgan fingerprint density at radius 1 is 1.10 bits per heavy atom. The highest BCUT2D eigenvalue weighted by atomic mass is 32.2. The number of rotatable bonds is 3. The molecular weight excluding hydrogens is 288 g/mol. The quantitative estimate of drug-likeness (QED) is 0.645. The fourth-order valence-corrected chi connectivity index (χ4v) is 4.13. The molecule has 1 fully saturated rings. The van der Waals surface area contributed by atoms with Crippen LogP contribution in [0.15, 0.2) is 29.2 Å². The summed E-state index contributed by atoms with van der Waals surface area (Å²) in [5.41, 5.74) is 2.95. The number of benzene rings is 1. The highest BCUT2D eigenvalue weighted by molar-refractivity contribution is 7.89. The summed E-state index contributed by atoms with van der Waals surface area (Å²) < 4.78 is 27.0. The zero-order chi connectivity index (χ0) is 15.7. The molecule has 0 unspecified atom stereocenters. The van der Waals surface area contributed by atoms with Crippen LogP contribution in [-0.4, -0.2) is 49.3 Å². The van der Waals surface area contributed by atoms with E-state index in [1.165, 1.54) is 4.31 Å². The van der Waals surface area contributed by atoms with Gasteiger partial charge in [0, 0.05) is 31.7 Å². The fraction of sp³-hybridized carbons (Fsp3) is 0.571. The molecule has 21 heavy (non-hydrogen) atoms. The number of hydrazine groups is 1. The van der Waals surface area contributed by atoms with Gasteiger partial charge in [-0.25, -0.2) is 8.42 Å². The molecule has 1 aromatic rings. The lowest BCUT2D eigenvalue weighted by Crippen LogP contribution is -2.54. The SMILES string of the molecule is CC(C)(C)N1CCN(S(=O)(=O)c2ccccc2NN)CC1. The third-order valence-corrected chi connectivity index (χ3v) is 5.80. The molecule has 1 aliphatic heterocycles. The average molecular weight is 312 g/mol. The number of para-hydroxylation sites is 1. The van der Waals surface area contributed by atoms with Gasteiger partial charge >= 0.3 is 0 Å². The number of hydrogen-bond donors (Lipinski definition) is 2. The van der Waals surface area contributed by atoms with Gasteiger partial charge < -0.3 is 5.43 Å². The molecule has 1 aromatic carbocycles. The van der Waals surface area contributed by atoms with E-state index in [9.17, 15) is 8.42 Å². The first kappa shape index (κ1) is 16.2. The van der Waals surface area contributed by atoms with Gasteiger partial charge in [0.15, 0.2) is 0 Å². The first-order chi connectivity index (χ1) is 9.76. The maximum Gasteiger partial charge on any atom is 0.245 e. The van der Waals surface area contributed by atoms with Crippen LogP contribution in [0, 0.1) is 0 Å². The Hall–Kier alpha value is -1.15. The molecule has 7 heteroatoms. The summed E-state index contributed by atoms with van der Waals surface area (Å²) in [5, 5.41) is 0. The molecular formula is C14H24N4O2S. The van der Waals surface area contributed by atoms with Crippen LogP contribution in [0.5, 0.6) is 0 Å². The summed E-state index contributed by atoms with van der Waals surface area (Å²) in [6, 6.07) is 6.71. The van der Waals surface area contributed by atoms with Gasteiger partial charge in [0.1, 0.15) is 4.90 Å². The normalized spacial score (nSPS) is 18.7. The Bertz CT molecular complexity index is 587. The van der Waals surface area contributed by atoms with Crippen LogP contribution in [0.4, 0.5) is 5.69 Å². The van der Waals surface area contributed by atoms with E-state index in [-0.39, 0.29) is 10.4 Å². The molecule has 3 N–H and O–H groups in total. The van der Waals surface area contributed by atoms with Crippen molar-refractivity contribution >= 4 is 15.7 Å². The zero-order valence-corrected chi connectivity index (χ0v) is 13.7. The summed E-state index contributed by atoms with van der Waals surface area (Å²) in [6.45, 7) is 8.90. The maximum atomic E-state index is 12.7. The molecule has 1 aliphatic rings. The molecule has 0 radical (unpaired) electrons. The lowest BCUT2D eigenvalue weighted by Gasteiger charge is -2.41. The first-order valence-electron chi connectivity index (χ1n) is 7.07. The molecule has 0 aliphatic carbocycles. The lowest BCUT2D eigenvalue weighted by molar-refractivity contribution is 0.0922. The Balaban J connectivity index is 2.19. The van der Waals surface area contributed by atoms with Gasteiger partial charge in [-0.2, -0.15) is 4.31 Å². The zero-order valence-electron chi connectivity index (χ0n) is 12.8. The van der Waals surface area contributed by atoms with Gasteiger partial charge in [0.25, 0.3) is 0 Å². The third kappa shape index (κ3) is 3.37. The van der Waals surface area contributed by atoms with Crippen LogP contribution in [0.3, 0.4) is 0 Å². The monoisotopic (exact) mass is 312 g/mol. The average Bonchev–Trinajstić information content (AvgIpc) is 2.46. The molecule has 2 rings (SSSR count). The van der Waals surface area contributed by atoms with Crippen LogP contribution in [0.1, 0.15) is 20.8 Å². The van der Waals surface area contributed by atoms with Crippen molar-refractivity contribution in [3.8, 4) is 0 Å². The number of sulfonamides is 1. The summed E-state index contributed by atoms with van der Waals surface area (Å²) in [6.07, 6.45) is 0. The van der Waals surface area contributed by atoms with E-state index in [2.05, 4.69) is 31.1 Å². The smallest absolute Gasteiger partial charge is 0.245 e. The summed E-state index contributed by atoms with van der Waals surface area (Å²) >= 11 is 0. The van der Waals surface area contributed by atoms with E-state index in [4.69, 9.17) is 5.84 Å². The number of nitrogens with one attached hydrogen (secondary N) is 1. The first-order valence-corrected chi connectivity index (χ1v) is 8.51. The highest BCUT2D eigenvalue weighted by Gasteiger charge is 2.33. The molecule has 1 saturated heterocycles. The number of piperazine rings is 1. The van der Waals surface area contributed by atoms with Crippen molar-refractivity contribution < 1.29 is 8.42 Å². The van der Waals surface area contributed by atoms with Gasteiger partial charge in [-0.15, -0.1) is 0 Å². The second-order valence-corrected chi connectivity index (χ2v) is 8.11. The van der Waals surface area contributed by atoms with E-state index in [0.29, 0.717) is 18.8 Å². The van der Waals surface area contributed by atoms with E-state index in [1.54, 1.807) is 24.3 Å². The predicted molar refractivity (Wildman–Crippen MR) is 84.3 cm³/mol. The van der Waals surface area contributed by atoms with E-state index in [0.717, 1.165) is 13.1 Å². The molecule has 0 amide bonds. The fourth-order valence-electron chi connectivity index (χ4n) is 2.55. The van der Waals surface area contributed by atoms with Crippen molar-refractivity contribution in [3.05, 3.63) is 24.3 Å².